The van der Waals surface area contributed by atoms with E-state index in [4.69, 9.17) is 10.5 Å². The summed E-state index contributed by atoms with van der Waals surface area (Å²) < 4.78 is 60.3. The number of nitrogens with zero attached hydrogens (tertiary/aromatic N) is 3. The first kappa shape index (κ1) is 26.4. The molecule has 0 radical (unpaired) electrons. The summed E-state index contributed by atoms with van der Waals surface area (Å²) in [5, 5.41) is 9.10. The number of methoxy groups -OCH3 is 1. The minimum absolute atomic E-state index is 0.319. The van der Waals surface area contributed by atoms with E-state index in [-0.39, 0.29) is 0 Å². The van der Waals surface area contributed by atoms with Crippen molar-refractivity contribution in [3.05, 3.63) is 71.4 Å². The molecule has 0 saturated heterocycles. The summed E-state index contributed by atoms with van der Waals surface area (Å²) in [7, 11) is 1.62. The summed E-state index contributed by atoms with van der Waals surface area (Å²) >= 11 is 0. The molecule has 12 heteroatoms. The lowest BCUT2D eigenvalue weighted by molar-refractivity contribution is -0.137. The number of rotatable bonds is 8. The molecule has 0 aliphatic heterocycles. The van der Waals surface area contributed by atoms with Gasteiger partial charge >= 0.3 is 12.2 Å². The minimum Gasteiger partial charge on any atom is -0.382 e. The van der Waals surface area contributed by atoms with Crippen LogP contribution in [0.1, 0.15) is 36.1 Å². The first-order valence-electron chi connectivity index (χ1n) is 12.3. The number of hydrogen-bond donors (Lipinski definition) is 3. The number of hydrogen-bond acceptors (Lipinski definition) is 5. The quantitative estimate of drug-likeness (QED) is 0.228. The number of anilines is 3. The van der Waals surface area contributed by atoms with Crippen LogP contribution in [0.3, 0.4) is 0 Å². The monoisotopic (exact) mass is 542 g/mol. The molecule has 2 aromatic carbocycles. The molecular formula is C27H26F4N6O2. The Hall–Kier alpha value is -4.19. The van der Waals surface area contributed by atoms with Gasteiger partial charge in [0.1, 0.15) is 17.7 Å². The smallest absolute Gasteiger partial charge is 0.382 e. The Morgan fingerprint density at radius 2 is 1.90 bits per heavy atom. The van der Waals surface area contributed by atoms with Crippen LogP contribution in [0.4, 0.5) is 39.5 Å². The third-order valence-corrected chi connectivity index (χ3v) is 6.71. The summed E-state index contributed by atoms with van der Waals surface area (Å²) in [6, 6.07) is 7.70. The van der Waals surface area contributed by atoms with E-state index in [0.29, 0.717) is 41.8 Å². The van der Waals surface area contributed by atoms with Crippen LogP contribution in [0.25, 0.3) is 16.6 Å². The van der Waals surface area contributed by atoms with Crippen LogP contribution in [0.5, 0.6) is 0 Å². The van der Waals surface area contributed by atoms with Crippen molar-refractivity contribution in [1.29, 1.82) is 0 Å². The van der Waals surface area contributed by atoms with Gasteiger partial charge in [0.2, 0.25) is 0 Å². The number of nitrogen functional groups attached to an aromatic ring is 1. The van der Waals surface area contributed by atoms with E-state index in [2.05, 4.69) is 20.7 Å². The zero-order valence-corrected chi connectivity index (χ0v) is 21.0. The fraction of sp³-hybridized carbons (Fsp3) is 0.296. The number of aromatic nitrogens is 3. The van der Waals surface area contributed by atoms with E-state index in [1.807, 2.05) is 4.52 Å². The van der Waals surface area contributed by atoms with Crippen molar-refractivity contribution in [3.63, 3.8) is 0 Å². The fourth-order valence-electron chi connectivity index (χ4n) is 4.64. The van der Waals surface area contributed by atoms with E-state index < -0.39 is 29.3 Å². The Morgan fingerprint density at radius 1 is 1.15 bits per heavy atom. The zero-order valence-electron chi connectivity index (χ0n) is 21.0. The highest BCUT2D eigenvalue weighted by Crippen LogP contribution is 2.39. The third-order valence-electron chi connectivity index (χ3n) is 6.71. The molecule has 0 atom stereocenters. The largest absolute Gasteiger partial charge is 0.416 e. The molecule has 1 aliphatic carbocycles. The molecule has 0 unspecified atom stereocenters. The van der Waals surface area contributed by atoms with Crippen LogP contribution in [0.15, 0.2) is 48.8 Å². The van der Waals surface area contributed by atoms with Crippen molar-refractivity contribution >= 4 is 28.7 Å². The topological polar surface area (TPSA) is 107 Å². The van der Waals surface area contributed by atoms with Crippen molar-refractivity contribution in [3.8, 4) is 11.1 Å². The molecule has 204 valence electrons. The van der Waals surface area contributed by atoms with Gasteiger partial charge in [0.15, 0.2) is 5.82 Å². The average Bonchev–Trinajstić information content (AvgIpc) is 3.66. The minimum atomic E-state index is -4.67. The average molecular weight is 543 g/mol. The molecule has 1 saturated carbocycles. The third kappa shape index (κ3) is 5.65. The maximum absolute atomic E-state index is 14.0. The van der Waals surface area contributed by atoms with Gasteiger partial charge in [-0.3, -0.25) is 0 Å². The number of amides is 2. The molecule has 2 heterocycles. The number of urea groups is 1. The highest BCUT2D eigenvalue weighted by atomic mass is 19.4. The van der Waals surface area contributed by atoms with E-state index >= 15 is 0 Å². The second kappa shape index (κ2) is 10.5. The molecule has 2 aromatic heterocycles. The van der Waals surface area contributed by atoms with Gasteiger partial charge in [0, 0.05) is 29.6 Å². The Morgan fingerprint density at radius 3 is 2.56 bits per heavy atom. The first-order chi connectivity index (χ1) is 18.7. The first-order valence-corrected chi connectivity index (χ1v) is 12.3. The number of halogens is 4. The second-order valence-corrected chi connectivity index (χ2v) is 9.47. The van der Waals surface area contributed by atoms with E-state index in [1.54, 1.807) is 31.4 Å². The highest BCUT2D eigenvalue weighted by Gasteiger charge is 2.31. The van der Waals surface area contributed by atoms with Crippen LogP contribution in [0.2, 0.25) is 0 Å². The molecule has 0 bridgehead atoms. The van der Waals surface area contributed by atoms with Gasteiger partial charge in [0.25, 0.3) is 0 Å². The van der Waals surface area contributed by atoms with Crippen molar-refractivity contribution in [1.82, 2.24) is 14.6 Å². The van der Waals surface area contributed by atoms with E-state index in [0.717, 1.165) is 41.1 Å². The number of nitrogens with two attached hydrogens (primary N) is 1. The zero-order chi connectivity index (χ0) is 27.7. The van der Waals surface area contributed by atoms with E-state index in [1.165, 1.54) is 19.2 Å². The summed E-state index contributed by atoms with van der Waals surface area (Å²) in [5.74, 6) is 0.0475. The molecule has 5 rings (SSSR count). The van der Waals surface area contributed by atoms with Crippen molar-refractivity contribution < 1.29 is 27.1 Å². The van der Waals surface area contributed by atoms with Crippen LogP contribution >= 0.6 is 0 Å². The number of carbonyl (C=O) groups excluding carboxylic acids is 1. The molecular weight excluding hydrogens is 516 g/mol. The van der Waals surface area contributed by atoms with Crippen LogP contribution < -0.4 is 16.4 Å². The number of benzene rings is 2. The van der Waals surface area contributed by atoms with E-state index in [9.17, 15) is 22.4 Å². The number of nitrogens with one attached hydrogen (secondary N) is 2. The van der Waals surface area contributed by atoms with Gasteiger partial charge < -0.3 is 21.1 Å². The van der Waals surface area contributed by atoms with Crippen molar-refractivity contribution in [2.45, 2.75) is 38.5 Å². The van der Waals surface area contributed by atoms with Gasteiger partial charge in [-0.1, -0.05) is 25.0 Å². The molecule has 1 fully saturated rings. The molecule has 39 heavy (non-hydrogen) atoms. The molecule has 1 aliphatic rings. The predicted octanol–water partition coefficient (Wildman–Crippen LogP) is 6.27. The maximum atomic E-state index is 14.0. The van der Waals surface area contributed by atoms with Crippen molar-refractivity contribution in [2.24, 2.45) is 5.92 Å². The maximum Gasteiger partial charge on any atom is 0.416 e. The number of fused-ring (bicyclic) bond motifs is 1. The number of aryl methyl sites for hydroxylation is 1. The second-order valence-electron chi connectivity index (χ2n) is 9.47. The summed E-state index contributed by atoms with van der Waals surface area (Å²) in [6.45, 7) is 0.336. The Balaban J connectivity index is 1.41. The number of alkyl halides is 3. The lowest BCUT2D eigenvalue weighted by atomic mass is 9.99. The van der Waals surface area contributed by atoms with Gasteiger partial charge in [-0.2, -0.15) is 18.3 Å². The van der Waals surface area contributed by atoms with Crippen LogP contribution in [-0.4, -0.2) is 27.7 Å². The molecule has 2 amide bonds. The summed E-state index contributed by atoms with van der Waals surface area (Å²) in [6.07, 6.45) is 1.06. The Bertz CT molecular complexity index is 1510. The van der Waals surface area contributed by atoms with Gasteiger partial charge in [-0.05, 0) is 54.7 Å². The standard InChI is InChI=1S/C27H26F4N6O2/c1-39-13-19-22(11-4-15-2-3-15)37-24(25(32)33-14-34-37)23(19)16-5-8-18(9-6-16)35-26(38)36-21-12-17(27(29,30)31)7-10-20(21)28/h5-10,12,14-15H,2-4,11,13H2,1H3,(H2,32,33,34)(H2,35,36,38). The van der Waals surface area contributed by atoms with Gasteiger partial charge in [-0.25, -0.2) is 18.7 Å². The number of ether oxygens (including phenoxy) is 1. The summed E-state index contributed by atoms with van der Waals surface area (Å²) in [4.78, 5) is 16.6. The van der Waals surface area contributed by atoms with Gasteiger partial charge in [-0.15, -0.1) is 0 Å². The lowest BCUT2D eigenvalue weighted by Crippen LogP contribution is -2.20. The van der Waals surface area contributed by atoms with Crippen LogP contribution in [0, 0.1) is 11.7 Å². The molecule has 4 aromatic rings. The summed E-state index contributed by atoms with van der Waals surface area (Å²) in [5.41, 5.74) is 9.19. The Kier molecular flexibility index (Phi) is 7.13. The van der Waals surface area contributed by atoms with Crippen molar-refractivity contribution in [2.75, 3.05) is 23.5 Å². The highest BCUT2D eigenvalue weighted by molar-refractivity contribution is 6.00. The molecule has 8 nitrogen and oxygen atoms in total. The predicted molar refractivity (Wildman–Crippen MR) is 139 cm³/mol. The number of carbonyl (C=O) groups is 1. The lowest BCUT2D eigenvalue weighted by Gasteiger charge is -2.12. The Labute approximate surface area is 221 Å². The fourth-order valence-corrected chi connectivity index (χ4v) is 4.64. The molecule has 0 spiro atoms. The van der Waals surface area contributed by atoms with Gasteiger partial charge in [0.05, 0.1) is 17.9 Å². The van der Waals surface area contributed by atoms with Crippen LogP contribution in [-0.2, 0) is 23.9 Å². The normalized spacial score (nSPS) is 13.6. The SMILES string of the molecule is COCc1c(-c2ccc(NC(=O)Nc3cc(C(F)(F)F)ccc3F)cc2)c2c(N)ncnn2c1CCC1CC1. The molecule has 4 N–H and O–H groups in total.